The third-order valence-electron chi connectivity index (χ3n) is 4.23. The van der Waals surface area contributed by atoms with Gasteiger partial charge in [-0.15, -0.1) is 0 Å². The van der Waals surface area contributed by atoms with E-state index in [2.05, 4.69) is 13.8 Å². The topological polar surface area (TPSA) is 27.7 Å². The molecule has 0 aliphatic carbocycles. The highest BCUT2D eigenvalue weighted by Gasteiger charge is 1.94. The van der Waals surface area contributed by atoms with E-state index in [9.17, 15) is 0 Å². The SMILES string of the molecule is CCCCOCCCCCCCCCCCOCCOCCCC. The van der Waals surface area contributed by atoms with Crippen LogP contribution in [0.4, 0.5) is 0 Å². The molecule has 0 radical (unpaired) electrons. The highest BCUT2D eigenvalue weighted by atomic mass is 16.5. The van der Waals surface area contributed by atoms with Crippen molar-refractivity contribution in [2.75, 3.05) is 39.6 Å². The monoisotopic (exact) mass is 344 g/mol. The summed E-state index contributed by atoms with van der Waals surface area (Å²) in [6, 6.07) is 0. The lowest BCUT2D eigenvalue weighted by molar-refractivity contribution is 0.0453. The van der Waals surface area contributed by atoms with Crippen LogP contribution in [0.15, 0.2) is 0 Å². The predicted octanol–water partition coefficient (Wildman–Crippen LogP) is 6.15. The third kappa shape index (κ3) is 21.9. The van der Waals surface area contributed by atoms with Crippen LogP contribution in [-0.2, 0) is 14.2 Å². The molecule has 0 aromatic rings. The van der Waals surface area contributed by atoms with Gasteiger partial charge in [-0.25, -0.2) is 0 Å². The predicted molar refractivity (Wildman–Crippen MR) is 104 cm³/mol. The summed E-state index contributed by atoms with van der Waals surface area (Å²) in [6.07, 6.45) is 16.8. The van der Waals surface area contributed by atoms with Crippen LogP contribution in [0.3, 0.4) is 0 Å². The first-order valence-corrected chi connectivity index (χ1v) is 10.6. The van der Waals surface area contributed by atoms with Crippen molar-refractivity contribution in [2.45, 2.75) is 97.3 Å². The van der Waals surface area contributed by atoms with Crippen molar-refractivity contribution in [1.82, 2.24) is 0 Å². The molecule has 0 heterocycles. The van der Waals surface area contributed by atoms with Crippen LogP contribution >= 0.6 is 0 Å². The van der Waals surface area contributed by atoms with Gasteiger partial charge in [-0.1, -0.05) is 71.6 Å². The maximum Gasteiger partial charge on any atom is 0.0700 e. The summed E-state index contributed by atoms with van der Waals surface area (Å²) in [5.74, 6) is 0. The van der Waals surface area contributed by atoms with Crippen LogP contribution < -0.4 is 0 Å². The van der Waals surface area contributed by atoms with Crippen LogP contribution in [0.2, 0.25) is 0 Å². The molecule has 0 saturated heterocycles. The Kier molecular flexibility index (Phi) is 22.8. The fraction of sp³-hybridized carbons (Fsp3) is 1.00. The molecular weight excluding hydrogens is 300 g/mol. The van der Waals surface area contributed by atoms with E-state index in [1.807, 2.05) is 0 Å². The van der Waals surface area contributed by atoms with Crippen molar-refractivity contribution < 1.29 is 14.2 Å². The molecule has 0 unspecified atom stereocenters. The Morgan fingerprint density at radius 2 is 0.625 bits per heavy atom. The summed E-state index contributed by atoms with van der Waals surface area (Å²) in [5.41, 5.74) is 0. The molecule has 0 rings (SSSR count). The van der Waals surface area contributed by atoms with Crippen molar-refractivity contribution in [3.05, 3.63) is 0 Å². The van der Waals surface area contributed by atoms with Gasteiger partial charge in [0.25, 0.3) is 0 Å². The fourth-order valence-corrected chi connectivity index (χ4v) is 2.56. The van der Waals surface area contributed by atoms with Gasteiger partial charge in [0.15, 0.2) is 0 Å². The van der Waals surface area contributed by atoms with Crippen LogP contribution in [0.1, 0.15) is 97.3 Å². The van der Waals surface area contributed by atoms with Crippen LogP contribution in [0, 0.1) is 0 Å². The zero-order valence-corrected chi connectivity index (χ0v) is 16.7. The van der Waals surface area contributed by atoms with Gasteiger partial charge in [-0.2, -0.15) is 0 Å². The first kappa shape index (κ1) is 23.9. The van der Waals surface area contributed by atoms with E-state index in [4.69, 9.17) is 14.2 Å². The maximum absolute atomic E-state index is 5.58. The molecule has 0 bridgehead atoms. The molecule has 0 fully saturated rings. The van der Waals surface area contributed by atoms with Crippen molar-refractivity contribution in [2.24, 2.45) is 0 Å². The average molecular weight is 345 g/mol. The summed E-state index contributed by atoms with van der Waals surface area (Å²) in [4.78, 5) is 0. The number of unbranched alkanes of at least 4 members (excludes halogenated alkanes) is 10. The summed E-state index contributed by atoms with van der Waals surface area (Å²) < 4.78 is 16.6. The van der Waals surface area contributed by atoms with Crippen LogP contribution in [-0.4, -0.2) is 39.6 Å². The average Bonchev–Trinajstić information content (AvgIpc) is 2.60. The summed E-state index contributed by atoms with van der Waals surface area (Å²) in [7, 11) is 0. The summed E-state index contributed by atoms with van der Waals surface area (Å²) >= 11 is 0. The van der Waals surface area contributed by atoms with Crippen molar-refractivity contribution in [3.8, 4) is 0 Å². The van der Waals surface area contributed by atoms with Gasteiger partial charge in [-0.3, -0.25) is 0 Å². The van der Waals surface area contributed by atoms with Gasteiger partial charge in [-0.05, 0) is 25.7 Å². The van der Waals surface area contributed by atoms with E-state index >= 15 is 0 Å². The molecule has 24 heavy (non-hydrogen) atoms. The minimum Gasteiger partial charge on any atom is -0.381 e. The third-order valence-corrected chi connectivity index (χ3v) is 4.23. The minimum atomic E-state index is 0.754. The maximum atomic E-state index is 5.58. The Bertz CT molecular complexity index is 187. The molecule has 0 saturated carbocycles. The van der Waals surface area contributed by atoms with E-state index in [1.165, 1.54) is 77.0 Å². The quantitative estimate of drug-likeness (QED) is 0.234. The largest absolute Gasteiger partial charge is 0.381 e. The highest BCUT2D eigenvalue weighted by molar-refractivity contribution is 4.48. The van der Waals surface area contributed by atoms with E-state index in [0.717, 1.165) is 46.1 Å². The van der Waals surface area contributed by atoms with E-state index in [0.29, 0.717) is 0 Å². The van der Waals surface area contributed by atoms with Gasteiger partial charge < -0.3 is 14.2 Å². The van der Waals surface area contributed by atoms with Gasteiger partial charge >= 0.3 is 0 Å². The Morgan fingerprint density at radius 3 is 1.00 bits per heavy atom. The van der Waals surface area contributed by atoms with Gasteiger partial charge in [0.1, 0.15) is 0 Å². The van der Waals surface area contributed by atoms with Crippen molar-refractivity contribution in [3.63, 3.8) is 0 Å². The van der Waals surface area contributed by atoms with Gasteiger partial charge in [0.05, 0.1) is 13.2 Å². The molecular formula is C21H44O3. The summed E-state index contributed by atoms with van der Waals surface area (Å²) in [5, 5.41) is 0. The molecule has 0 atom stereocenters. The molecule has 146 valence electrons. The fourth-order valence-electron chi connectivity index (χ4n) is 2.56. The first-order chi connectivity index (χ1) is 11.9. The number of ether oxygens (including phenoxy) is 3. The lowest BCUT2D eigenvalue weighted by atomic mass is 10.1. The van der Waals surface area contributed by atoms with Gasteiger partial charge in [0.2, 0.25) is 0 Å². The van der Waals surface area contributed by atoms with E-state index in [1.54, 1.807) is 0 Å². The van der Waals surface area contributed by atoms with E-state index < -0.39 is 0 Å². The molecule has 3 heteroatoms. The lowest BCUT2D eigenvalue weighted by Crippen LogP contribution is -2.06. The minimum absolute atomic E-state index is 0.754. The normalized spacial score (nSPS) is 11.2. The molecule has 0 aromatic heterocycles. The first-order valence-electron chi connectivity index (χ1n) is 10.6. The Labute approximate surface area is 151 Å². The second kappa shape index (κ2) is 22.9. The van der Waals surface area contributed by atoms with Crippen molar-refractivity contribution in [1.29, 1.82) is 0 Å². The smallest absolute Gasteiger partial charge is 0.0700 e. The van der Waals surface area contributed by atoms with Crippen molar-refractivity contribution >= 4 is 0 Å². The second-order valence-electron chi connectivity index (χ2n) is 6.73. The van der Waals surface area contributed by atoms with E-state index in [-0.39, 0.29) is 0 Å². The Hall–Kier alpha value is -0.120. The molecule has 0 N–H and O–H groups in total. The number of hydrogen-bond donors (Lipinski definition) is 0. The number of rotatable bonds is 21. The molecule has 0 amide bonds. The molecule has 3 nitrogen and oxygen atoms in total. The zero-order chi connectivity index (χ0) is 17.6. The Balaban J connectivity index is 2.93. The zero-order valence-electron chi connectivity index (χ0n) is 16.7. The van der Waals surface area contributed by atoms with Gasteiger partial charge in [0, 0.05) is 26.4 Å². The molecule has 0 aromatic carbocycles. The Morgan fingerprint density at radius 1 is 0.333 bits per heavy atom. The summed E-state index contributed by atoms with van der Waals surface area (Å²) in [6.45, 7) is 9.59. The molecule has 0 spiro atoms. The molecule has 0 aliphatic rings. The van der Waals surface area contributed by atoms with Crippen LogP contribution in [0.25, 0.3) is 0 Å². The number of hydrogen-bond acceptors (Lipinski definition) is 3. The standard InChI is InChI=1S/C21H44O3/c1-3-5-16-22-18-14-12-10-8-7-9-11-13-15-19-24-21-20-23-17-6-4-2/h3-21H2,1-2H3. The lowest BCUT2D eigenvalue weighted by Gasteiger charge is -2.06. The van der Waals surface area contributed by atoms with Crippen LogP contribution in [0.5, 0.6) is 0 Å². The highest BCUT2D eigenvalue weighted by Crippen LogP contribution is 2.10. The second-order valence-corrected chi connectivity index (χ2v) is 6.73. The molecule has 0 aliphatic heterocycles.